The first kappa shape index (κ1) is 9.69. The van der Waals surface area contributed by atoms with Crippen LogP contribution in [0.15, 0.2) is 12.7 Å². The Labute approximate surface area is 69.4 Å². The number of ether oxygens (including phenoxy) is 1. The van der Waals surface area contributed by atoms with E-state index in [9.17, 15) is 4.79 Å². The van der Waals surface area contributed by atoms with Crippen LogP contribution in [0.2, 0.25) is 0 Å². The zero-order chi connectivity index (χ0) is 7.98. The van der Waals surface area contributed by atoms with E-state index in [4.69, 9.17) is 4.74 Å². The van der Waals surface area contributed by atoms with Gasteiger partial charge in [-0.15, -0.1) is 6.58 Å². The summed E-state index contributed by atoms with van der Waals surface area (Å²) in [4.78, 5) is 10.6. The van der Waals surface area contributed by atoms with Gasteiger partial charge in [0, 0.05) is 0 Å². The van der Waals surface area contributed by atoms with Crippen molar-refractivity contribution in [2.24, 2.45) is 0 Å². The van der Waals surface area contributed by atoms with Crippen molar-refractivity contribution in [2.75, 3.05) is 6.61 Å². The molecule has 10 heavy (non-hydrogen) atoms. The van der Waals surface area contributed by atoms with Crippen LogP contribution in [-0.2, 0) is 9.53 Å². The number of hydrogen-bond donors (Lipinski definition) is 0. The summed E-state index contributed by atoms with van der Waals surface area (Å²) >= 11 is 3.16. The zero-order valence-electron chi connectivity index (χ0n) is 5.97. The van der Waals surface area contributed by atoms with Crippen LogP contribution >= 0.6 is 15.9 Å². The van der Waals surface area contributed by atoms with Gasteiger partial charge in [-0.1, -0.05) is 22.0 Å². The van der Waals surface area contributed by atoms with E-state index >= 15 is 0 Å². The van der Waals surface area contributed by atoms with E-state index in [-0.39, 0.29) is 10.8 Å². The van der Waals surface area contributed by atoms with Crippen molar-refractivity contribution < 1.29 is 9.53 Å². The summed E-state index contributed by atoms with van der Waals surface area (Å²) in [7, 11) is 0. The number of carbonyl (C=O) groups is 1. The summed E-state index contributed by atoms with van der Waals surface area (Å²) < 4.78 is 4.72. The molecule has 0 bridgehead atoms. The summed E-state index contributed by atoms with van der Waals surface area (Å²) in [5.74, 6) is -0.220. The highest BCUT2D eigenvalue weighted by atomic mass is 79.9. The van der Waals surface area contributed by atoms with Crippen LogP contribution in [0, 0.1) is 0 Å². The molecule has 3 heteroatoms. The van der Waals surface area contributed by atoms with E-state index < -0.39 is 0 Å². The van der Waals surface area contributed by atoms with Gasteiger partial charge in [0.2, 0.25) is 0 Å². The smallest absolute Gasteiger partial charge is 0.320 e. The third-order valence-electron chi connectivity index (χ3n) is 0.916. The highest BCUT2D eigenvalue weighted by Crippen LogP contribution is 2.07. The van der Waals surface area contributed by atoms with Crippen molar-refractivity contribution in [3.8, 4) is 0 Å². The fourth-order valence-corrected chi connectivity index (χ4v) is 0.872. The molecule has 0 heterocycles. The minimum atomic E-state index is -0.232. The van der Waals surface area contributed by atoms with Gasteiger partial charge >= 0.3 is 5.97 Å². The summed E-state index contributed by atoms with van der Waals surface area (Å²) in [5, 5.41) is 0. The average Bonchev–Trinajstić information content (AvgIpc) is 1.89. The van der Waals surface area contributed by atoms with Gasteiger partial charge < -0.3 is 4.74 Å². The number of halogens is 1. The lowest BCUT2D eigenvalue weighted by molar-refractivity contribution is -0.142. The monoisotopic (exact) mass is 206 g/mol. The Hall–Kier alpha value is -0.310. The molecule has 2 nitrogen and oxygen atoms in total. The molecule has 0 saturated heterocycles. The Balaban J connectivity index is 3.58. The molecule has 0 aliphatic carbocycles. The third-order valence-corrected chi connectivity index (χ3v) is 1.66. The molecular formula is C7H11BrO2. The van der Waals surface area contributed by atoms with Gasteiger partial charge in [-0.3, -0.25) is 4.79 Å². The fourth-order valence-electron chi connectivity index (χ4n) is 0.475. The third kappa shape index (κ3) is 3.67. The van der Waals surface area contributed by atoms with Gasteiger partial charge in [-0.25, -0.2) is 0 Å². The Kier molecular flexibility index (Phi) is 5.30. The Morgan fingerprint density at radius 1 is 1.90 bits per heavy atom. The molecule has 0 aromatic carbocycles. The molecule has 58 valence electrons. The maximum Gasteiger partial charge on any atom is 0.320 e. The number of carbonyl (C=O) groups excluding carboxylic acids is 1. The van der Waals surface area contributed by atoms with Crippen LogP contribution < -0.4 is 0 Å². The molecule has 0 aromatic heterocycles. The fraction of sp³-hybridized carbons (Fsp3) is 0.571. The number of alkyl halides is 1. The lowest BCUT2D eigenvalue weighted by Gasteiger charge is -2.04. The van der Waals surface area contributed by atoms with Gasteiger partial charge in [0.05, 0.1) is 6.61 Å². The normalized spacial score (nSPS) is 12.2. The molecule has 1 atom stereocenters. The van der Waals surface area contributed by atoms with Crippen LogP contribution in [0.25, 0.3) is 0 Å². The molecule has 0 aliphatic heterocycles. The van der Waals surface area contributed by atoms with Gasteiger partial charge in [-0.2, -0.15) is 0 Å². The topological polar surface area (TPSA) is 26.3 Å². The van der Waals surface area contributed by atoms with Crippen molar-refractivity contribution in [3.05, 3.63) is 12.7 Å². The zero-order valence-corrected chi connectivity index (χ0v) is 7.56. The van der Waals surface area contributed by atoms with Crippen molar-refractivity contribution in [1.82, 2.24) is 0 Å². The van der Waals surface area contributed by atoms with E-state index in [0.29, 0.717) is 13.0 Å². The largest absolute Gasteiger partial charge is 0.465 e. The maximum atomic E-state index is 10.8. The van der Waals surface area contributed by atoms with Gasteiger partial charge in [0.15, 0.2) is 0 Å². The minimum absolute atomic E-state index is 0.220. The molecule has 0 amide bonds. The number of rotatable bonds is 4. The predicted octanol–water partition coefficient (Wildman–Crippen LogP) is 1.89. The van der Waals surface area contributed by atoms with Crippen molar-refractivity contribution in [1.29, 1.82) is 0 Å². The van der Waals surface area contributed by atoms with Crippen LogP contribution in [0.5, 0.6) is 0 Å². The molecule has 0 N–H and O–H groups in total. The van der Waals surface area contributed by atoms with Gasteiger partial charge in [0.1, 0.15) is 4.83 Å². The van der Waals surface area contributed by atoms with Crippen molar-refractivity contribution in [2.45, 2.75) is 18.2 Å². The molecule has 0 aliphatic rings. The number of hydrogen-bond acceptors (Lipinski definition) is 2. The van der Waals surface area contributed by atoms with Gasteiger partial charge in [-0.05, 0) is 13.3 Å². The first-order chi connectivity index (χ1) is 4.72. The van der Waals surface area contributed by atoms with E-state index in [1.165, 1.54) is 0 Å². The number of esters is 1. The Morgan fingerprint density at radius 2 is 2.50 bits per heavy atom. The molecule has 0 spiro atoms. The summed E-state index contributed by atoms with van der Waals surface area (Å²) in [5.41, 5.74) is 0. The van der Waals surface area contributed by atoms with Crippen LogP contribution in [0.3, 0.4) is 0 Å². The van der Waals surface area contributed by atoms with Crippen molar-refractivity contribution >= 4 is 21.9 Å². The highest BCUT2D eigenvalue weighted by Gasteiger charge is 2.12. The first-order valence-corrected chi connectivity index (χ1v) is 4.05. The molecular weight excluding hydrogens is 196 g/mol. The molecule has 0 aromatic rings. The quantitative estimate of drug-likeness (QED) is 0.399. The SMILES string of the molecule is C=CCC(Br)C(=O)OCC. The second-order valence-corrected chi connectivity index (χ2v) is 2.85. The van der Waals surface area contributed by atoms with Crippen molar-refractivity contribution in [3.63, 3.8) is 0 Å². The summed E-state index contributed by atoms with van der Waals surface area (Å²) in [6, 6.07) is 0. The second-order valence-electron chi connectivity index (χ2n) is 1.74. The van der Waals surface area contributed by atoms with Crippen LogP contribution in [0.4, 0.5) is 0 Å². The molecule has 1 unspecified atom stereocenters. The van der Waals surface area contributed by atoms with E-state index in [1.807, 2.05) is 0 Å². The standard InChI is InChI=1S/C7H11BrO2/c1-3-5-6(8)7(9)10-4-2/h3,6H,1,4-5H2,2H3. The minimum Gasteiger partial charge on any atom is -0.465 e. The van der Waals surface area contributed by atoms with Crippen LogP contribution in [-0.4, -0.2) is 17.4 Å². The predicted molar refractivity (Wildman–Crippen MR) is 44.2 cm³/mol. The molecule has 0 rings (SSSR count). The lowest BCUT2D eigenvalue weighted by Crippen LogP contribution is -2.16. The lowest BCUT2D eigenvalue weighted by atomic mass is 10.3. The molecule has 0 fully saturated rings. The maximum absolute atomic E-state index is 10.8. The summed E-state index contributed by atoms with van der Waals surface area (Å²) in [6.45, 7) is 5.72. The van der Waals surface area contributed by atoms with Crippen LogP contribution in [0.1, 0.15) is 13.3 Å². The van der Waals surface area contributed by atoms with Gasteiger partial charge in [0.25, 0.3) is 0 Å². The Morgan fingerprint density at radius 3 is 2.90 bits per heavy atom. The number of allylic oxidation sites excluding steroid dienone is 1. The average molecular weight is 207 g/mol. The van der Waals surface area contributed by atoms with E-state index in [0.717, 1.165) is 0 Å². The Bertz CT molecular complexity index is 123. The first-order valence-electron chi connectivity index (χ1n) is 3.14. The second kappa shape index (κ2) is 5.47. The summed E-state index contributed by atoms with van der Waals surface area (Å²) in [6.07, 6.45) is 2.29. The highest BCUT2D eigenvalue weighted by molar-refractivity contribution is 9.10. The molecule has 0 radical (unpaired) electrons. The van der Waals surface area contributed by atoms with E-state index in [1.54, 1.807) is 13.0 Å². The van der Waals surface area contributed by atoms with E-state index in [2.05, 4.69) is 22.5 Å². The molecule has 0 saturated carbocycles.